The predicted molar refractivity (Wildman–Crippen MR) is 129 cm³/mol. The van der Waals surface area contributed by atoms with Crippen molar-refractivity contribution in [3.05, 3.63) is 94.5 Å². The van der Waals surface area contributed by atoms with Crippen LogP contribution in [0.3, 0.4) is 0 Å². The second kappa shape index (κ2) is 9.30. The Morgan fingerprint density at radius 2 is 1.69 bits per heavy atom. The summed E-state index contributed by atoms with van der Waals surface area (Å²) in [7, 11) is 3.87. The van der Waals surface area contributed by atoms with Crippen LogP contribution < -0.4 is 16.0 Å². The fraction of sp³-hybridized carbons (Fsp3) is 0.160. The number of carbonyl (C=O) groups is 2. The lowest BCUT2D eigenvalue weighted by atomic mass is 10.0. The molecule has 0 aliphatic carbocycles. The van der Waals surface area contributed by atoms with Gasteiger partial charge in [0.25, 0.3) is 5.91 Å². The molecule has 1 atom stereocenters. The summed E-state index contributed by atoms with van der Waals surface area (Å²) in [4.78, 5) is 33.0. The zero-order chi connectivity index (χ0) is 22.7. The number of Topliss-reactive ketones (excluding diaryl/α,β-unsaturated/α-hetero) is 1. The van der Waals surface area contributed by atoms with E-state index in [-0.39, 0.29) is 11.7 Å². The van der Waals surface area contributed by atoms with E-state index >= 15 is 0 Å². The van der Waals surface area contributed by atoms with Crippen LogP contribution in [-0.2, 0) is 6.54 Å². The Bertz CT molecular complexity index is 1210. The van der Waals surface area contributed by atoms with E-state index in [0.29, 0.717) is 22.7 Å². The third kappa shape index (κ3) is 4.54. The van der Waals surface area contributed by atoms with E-state index < -0.39 is 6.04 Å². The minimum atomic E-state index is -0.858. The predicted octanol–water partition coefficient (Wildman–Crippen LogP) is 4.18. The van der Waals surface area contributed by atoms with Gasteiger partial charge in [0.05, 0.1) is 10.2 Å². The maximum absolute atomic E-state index is 13.5. The second-order valence-corrected chi connectivity index (χ2v) is 8.68. The minimum Gasteiger partial charge on any atom is -0.378 e. The van der Waals surface area contributed by atoms with Gasteiger partial charge in [0.1, 0.15) is 6.04 Å². The van der Waals surface area contributed by atoms with E-state index in [1.807, 2.05) is 79.7 Å². The number of hydrogen-bond acceptors (Lipinski definition) is 6. The molecule has 3 N–H and O–H groups in total. The summed E-state index contributed by atoms with van der Waals surface area (Å²) in [6, 6.07) is 21.4. The van der Waals surface area contributed by atoms with Gasteiger partial charge in [0, 0.05) is 31.9 Å². The summed E-state index contributed by atoms with van der Waals surface area (Å²) >= 11 is 1.33. The quantitative estimate of drug-likeness (QED) is 0.418. The smallest absolute Gasteiger partial charge is 0.252 e. The molecule has 0 aliphatic rings. The van der Waals surface area contributed by atoms with Gasteiger partial charge in [-0.3, -0.25) is 9.59 Å². The number of thiazole rings is 1. The van der Waals surface area contributed by atoms with Crippen molar-refractivity contribution < 1.29 is 9.59 Å². The molecular weight excluding hydrogens is 420 g/mol. The number of aromatic nitrogens is 1. The van der Waals surface area contributed by atoms with Crippen molar-refractivity contribution in [1.82, 2.24) is 10.3 Å². The van der Waals surface area contributed by atoms with Gasteiger partial charge in [-0.15, -0.1) is 11.3 Å². The number of anilines is 1. The molecule has 0 saturated carbocycles. The van der Waals surface area contributed by atoms with Gasteiger partial charge in [0.2, 0.25) is 5.78 Å². The molecule has 6 nitrogen and oxygen atoms in total. The molecule has 0 saturated heterocycles. The second-order valence-electron chi connectivity index (χ2n) is 7.64. The van der Waals surface area contributed by atoms with E-state index in [9.17, 15) is 9.59 Å². The minimum absolute atomic E-state index is 0.245. The van der Waals surface area contributed by atoms with Crippen LogP contribution in [0.25, 0.3) is 10.2 Å². The number of ketones is 1. The molecule has 1 heterocycles. The molecule has 32 heavy (non-hydrogen) atoms. The van der Waals surface area contributed by atoms with Crippen LogP contribution in [0.1, 0.15) is 37.3 Å². The summed E-state index contributed by atoms with van der Waals surface area (Å²) in [6.45, 7) is 0.404. The maximum atomic E-state index is 13.5. The Morgan fingerprint density at radius 1 is 1.00 bits per heavy atom. The Labute approximate surface area is 190 Å². The first-order chi connectivity index (χ1) is 15.5. The van der Waals surface area contributed by atoms with E-state index in [4.69, 9.17) is 5.73 Å². The van der Waals surface area contributed by atoms with Gasteiger partial charge in [-0.1, -0.05) is 36.4 Å². The van der Waals surface area contributed by atoms with E-state index in [1.54, 1.807) is 12.1 Å². The summed E-state index contributed by atoms with van der Waals surface area (Å²) in [5.74, 6) is -0.567. The number of nitrogens with zero attached hydrogens (tertiary/aromatic N) is 2. The highest BCUT2D eigenvalue weighted by atomic mass is 32.1. The average Bonchev–Trinajstić information content (AvgIpc) is 3.26. The molecular formula is C25H24N4O2S. The lowest BCUT2D eigenvalue weighted by Crippen LogP contribution is -2.34. The zero-order valence-corrected chi connectivity index (χ0v) is 18.7. The SMILES string of the molecule is CN(C)c1ccc(C(=O)NC(C(=O)c2nc3ccccc3s2)c2ccc(CN)cc2)cc1. The van der Waals surface area contributed by atoms with Crippen LogP contribution in [-0.4, -0.2) is 30.8 Å². The number of hydrogen-bond donors (Lipinski definition) is 2. The number of carbonyl (C=O) groups excluding carboxylic acids is 2. The number of amides is 1. The van der Waals surface area contributed by atoms with Crippen molar-refractivity contribution in [2.75, 3.05) is 19.0 Å². The highest BCUT2D eigenvalue weighted by Crippen LogP contribution is 2.27. The number of benzene rings is 3. The maximum Gasteiger partial charge on any atom is 0.252 e. The first kappa shape index (κ1) is 21.7. The van der Waals surface area contributed by atoms with Crippen molar-refractivity contribution >= 4 is 38.9 Å². The number of fused-ring (bicyclic) bond motifs is 1. The van der Waals surface area contributed by atoms with Crippen LogP contribution in [0, 0.1) is 0 Å². The van der Waals surface area contributed by atoms with Crippen molar-refractivity contribution in [1.29, 1.82) is 0 Å². The standard InChI is InChI=1S/C25H24N4O2S/c1-29(2)19-13-11-18(12-14-19)24(31)28-22(17-9-7-16(15-26)8-10-17)23(30)25-27-20-5-3-4-6-21(20)32-25/h3-14,22H,15,26H2,1-2H3,(H,28,31). The van der Waals surface area contributed by atoms with Crippen molar-refractivity contribution in [3.8, 4) is 0 Å². The normalized spacial score (nSPS) is 11.8. The highest BCUT2D eigenvalue weighted by Gasteiger charge is 2.27. The third-order valence-corrected chi connectivity index (χ3v) is 6.29. The molecule has 0 bridgehead atoms. The van der Waals surface area contributed by atoms with Gasteiger partial charge in [0.15, 0.2) is 5.01 Å². The van der Waals surface area contributed by atoms with Gasteiger partial charge < -0.3 is 16.0 Å². The molecule has 4 rings (SSSR count). The van der Waals surface area contributed by atoms with Gasteiger partial charge in [-0.25, -0.2) is 4.98 Å². The fourth-order valence-electron chi connectivity index (χ4n) is 3.37. The third-order valence-electron chi connectivity index (χ3n) is 5.24. The topological polar surface area (TPSA) is 88.3 Å². The van der Waals surface area contributed by atoms with Gasteiger partial charge >= 0.3 is 0 Å². The largest absolute Gasteiger partial charge is 0.378 e. The van der Waals surface area contributed by atoms with E-state index in [1.165, 1.54) is 11.3 Å². The number of nitrogens with one attached hydrogen (secondary N) is 1. The Hall–Kier alpha value is -3.55. The fourth-order valence-corrected chi connectivity index (χ4v) is 4.31. The molecule has 0 radical (unpaired) electrons. The molecule has 0 spiro atoms. The monoisotopic (exact) mass is 444 g/mol. The number of para-hydroxylation sites is 1. The molecule has 1 amide bonds. The molecule has 1 unspecified atom stereocenters. The lowest BCUT2D eigenvalue weighted by Gasteiger charge is -2.18. The first-order valence-electron chi connectivity index (χ1n) is 10.2. The Morgan fingerprint density at radius 3 is 2.31 bits per heavy atom. The molecule has 4 aromatic rings. The number of rotatable bonds is 7. The van der Waals surface area contributed by atoms with Crippen LogP contribution >= 0.6 is 11.3 Å². The van der Waals surface area contributed by atoms with Crippen molar-refractivity contribution in [2.24, 2.45) is 5.73 Å². The Balaban J connectivity index is 1.66. The molecule has 1 aromatic heterocycles. The number of nitrogens with two attached hydrogens (primary N) is 1. The molecule has 0 aliphatic heterocycles. The van der Waals surface area contributed by atoms with Crippen molar-refractivity contribution in [3.63, 3.8) is 0 Å². The summed E-state index contributed by atoms with van der Waals surface area (Å²) in [5, 5.41) is 3.27. The molecule has 0 fully saturated rings. The Kier molecular flexibility index (Phi) is 6.30. The molecule has 7 heteroatoms. The van der Waals surface area contributed by atoms with Gasteiger partial charge in [-0.05, 0) is 47.5 Å². The van der Waals surface area contributed by atoms with Gasteiger partial charge in [-0.2, -0.15) is 0 Å². The van der Waals surface area contributed by atoms with Crippen LogP contribution in [0.2, 0.25) is 0 Å². The summed E-state index contributed by atoms with van der Waals surface area (Å²) < 4.78 is 0.929. The van der Waals surface area contributed by atoms with E-state index in [0.717, 1.165) is 21.5 Å². The van der Waals surface area contributed by atoms with Crippen LogP contribution in [0.15, 0.2) is 72.8 Å². The van der Waals surface area contributed by atoms with E-state index in [2.05, 4.69) is 10.3 Å². The zero-order valence-electron chi connectivity index (χ0n) is 17.9. The molecule has 3 aromatic carbocycles. The van der Waals surface area contributed by atoms with Crippen molar-refractivity contribution in [2.45, 2.75) is 12.6 Å². The summed E-state index contributed by atoms with van der Waals surface area (Å²) in [5.41, 5.74) is 9.58. The van der Waals surface area contributed by atoms with Crippen LogP contribution in [0.4, 0.5) is 5.69 Å². The lowest BCUT2D eigenvalue weighted by molar-refractivity contribution is 0.0857. The average molecular weight is 445 g/mol. The van der Waals surface area contributed by atoms with Crippen LogP contribution in [0.5, 0.6) is 0 Å². The highest BCUT2D eigenvalue weighted by molar-refractivity contribution is 7.20. The summed E-state index contributed by atoms with van der Waals surface area (Å²) in [6.07, 6.45) is 0. The molecule has 162 valence electrons. The first-order valence-corrected chi connectivity index (χ1v) is 11.0.